The Balaban J connectivity index is 2.50. The molecule has 0 saturated heterocycles. The van der Waals surface area contributed by atoms with Crippen molar-refractivity contribution < 1.29 is 9.59 Å². The van der Waals surface area contributed by atoms with E-state index in [1.165, 1.54) is 0 Å². The highest BCUT2D eigenvalue weighted by molar-refractivity contribution is 5.96. The molecule has 0 radical (unpaired) electrons. The topological polar surface area (TPSA) is 63.4 Å². The van der Waals surface area contributed by atoms with E-state index in [4.69, 9.17) is 5.73 Å². The van der Waals surface area contributed by atoms with Crippen LogP contribution in [0.15, 0.2) is 60.7 Å². The molecule has 0 atom stereocenters. The van der Waals surface area contributed by atoms with Gasteiger partial charge < -0.3 is 10.6 Å². The molecule has 120 valence electrons. The molecule has 0 aliphatic rings. The molecule has 0 aliphatic heterocycles. The standard InChI is InChI=1S/C19H22N2O2/c1-14(2)21(18(23)13-17(20)22)19(15-9-5-3-6-10-15)16-11-7-4-8-12-16/h3-12,14,19H,13H2,1-2H3,(H2,20,22). The zero-order valence-electron chi connectivity index (χ0n) is 13.5. The second kappa shape index (κ2) is 7.58. The second-order valence-electron chi connectivity index (χ2n) is 5.76. The van der Waals surface area contributed by atoms with Crippen LogP contribution in [0.2, 0.25) is 0 Å². The van der Waals surface area contributed by atoms with Gasteiger partial charge in [-0.15, -0.1) is 0 Å². The Morgan fingerprint density at radius 1 is 0.913 bits per heavy atom. The van der Waals surface area contributed by atoms with Crippen molar-refractivity contribution in [2.24, 2.45) is 5.73 Å². The van der Waals surface area contributed by atoms with Crippen LogP contribution >= 0.6 is 0 Å². The molecule has 23 heavy (non-hydrogen) atoms. The summed E-state index contributed by atoms with van der Waals surface area (Å²) in [6.07, 6.45) is -0.283. The van der Waals surface area contributed by atoms with E-state index in [0.29, 0.717) is 0 Å². The van der Waals surface area contributed by atoms with E-state index < -0.39 is 5.91 Å². The zero-order chi connectivity index (χ0) is 16.8. The van der Waals surface area contributed by atoms with Gasteiger partial charge in [0.1, 0.15) is 6.42 Å². The third kappa shape index (κ3) is 4.19. The first kappa shape index (κ1) is 16.7. The summed E-state index contributed by atoms with van der Waals surface area (Å²) < 4.78 is 0. The lowest BCUT2D eigenvalue weighted by Crippen LogP contribution is -2.42. The minimum Gasteiger partial charge on any atom is -0.369 e. The van der Waals surface area contributed by atoms with Gasteiger partial charge in [-0.25, -0.2) is 0 Å². The van der Waals surface area contributed by atoms with Crippen LogP contribution in [0.5, 0.6) is 0 Å². The predicted molar refractivity (Wildman–Crippen MR) is 90.5 cm³/mol. The number of amides is 2. The molecule has 0 fully saturated rings. The van der Waals surface area contributed by atoms with Crippen LogP contribution in [0, 0.1) is 0 Å². The van der Waals surface area contributed by atoms with Gasteiger partial charge in [0.25, 0.3) is 0 Å². The Hall–Kier alpha value is -2.62. The van der Waals surface area contributed by atoms with E-state index in [9.17, 15) is 9.59 Å². The second-order valence-corrected chi connectivity index (χ2v) is 5.76. The van der Waals surface area contributed by atoms with E-state index in [1.807, 2.05) is 74.5 Å². The summed E-state index contributed by atoms with van der Waals surface area (Å²) in [5.41, 5.74) is 7.23. The molecule has 2 aromatic rings. The average molecular weight is 310 g/mol. The van der Waals surface area contributed by atoms with E-state index in [0.717, 1.165) is 11.1 Å². The minimum absolute atomic E-state index is 0.0627. The van der Waals surface area contributed by atoms with Crippen molar-refractivity contribution in [1.82, 2.24) is 4.90 Å². The van der Waals surface area contributed by atoms with Gasteiger partial charge in [-0.2, -0.15) is 0 Å². The van der Waals surface area contributed by atoms with Crippen LogP contribution in [0.1, 0.15) is 37.4 Å². The first-order chi connectivity index (χ1) is 11.0. The number of hydrogen-bond donors (Lipinski definition) is 1. The van der Waals surface area contributed by atoms with E-state index in [1.54, 1.807) is 4.90 Å². The Morgan fingerprint density at radius 3 is 1.70 bits per heavy atom. The summed E-state index contributed by atoms with van der Waals surface area (Å²) in [6.45, 7) is 3.88. The van der Waals surface area contributed by atoms with Crippen LogP contribution < -0.4 is 5.73 Å². The Bertz CT molecular complexity index is 614. The van der Waals surface area contributed by atoms with E-state index >= 15 is 0 Å². The summed E-state index contributed by atoms with van der Waals surface area (Å²) in [5.74, 6) is -0.870. The molecule has 0 unspecified atom stereocenters. The van der Waals surface area contributed by atoms with Gasteiger partial charge in [0.2, 0.25) is 11.8 Å². The summed E-state index contributed by atoms with van der Waals surface area (Å²) in [5, 5.41) is 0. The molecule has 2 rings (SSSR count). The smallest absolute Gasteiger partial charge is 0.233 e. The molecule has 4 nitrogen and oxygen atoms in total. The monoisotopic (exact) mass is 310 g/mol. The van der Waals surface area contributed by atoms with Crippen LogP contribution in [0.3, 0.4) is 0 Å². The summed E-state index contributed by atoms with van der Waals surface area (Å²) in [7, 11) is 0. The molecule has 0 bridgehead atoms. The number of carbonyl (C=O) groups is 2. The fourth-order valence-corrected chi connectivity index (χ4v) is 2.75. The molecular formula is C19H22N2O2. The number of rotatable bonds is 6. The van der Waals surface area contributed by atoms with Crippen molar-refractivity contribution in [1.29, 1.82) is 0 Å². The number of benzene rings is 2. The van der Waals surface area contributed by atoms with Gasteiger partial charge in [0.05, 0.1) is 6.04 Å². The number of primary amides is 1. The SMILES string of the molecule is CC(C)N(C(=O)CC(N)=O)C(c1ccccc1)c1ccccc1. The third-order valence-electron chi connectivity index (χ3n) is 3.68. The third-order valence-corrected chi connectivity index (χ3v) is 3.68. The molecule has 0 aliphatic carbocycles. The fraction of sp³-hybridized carbons (Fsp3) is 0.263. The summed E-state index contributed by atoms with van der Waals surface area (Å²) in [4.78, 5) is 25.5. The molecule has 0 spiro atoms. The van der Waals surface area contributed by atoms with Crippen molar-refractivity contribution in [3.05, 3.63) is 71.8 Å². The molecule has 2 aromatic carbocycles. The van der Waals surface area contributed by atoms with Gasteiger partial charge >= 0.3 is 0 Å². The number of hydrogen-bond acceptors (Lipinski definition) is 2. The van der Waals surface area contributed by atoms with Gasteiger partial charge in [-0.1, -0.05) is 60.7 Å². The quantitative estimate of drug-likeness (QED) is 0.834. The van der Waals surface area contributed by atoms with Gasteiger partial charge in [-0.05, 0) is 25.0 Å². The summed E-state index contributed by atoms with van der Waals surface area (Å²) >= 11 is 0. The Morgan fingerprint density at radius 2 is 1.35 bits per heavy atom. The number of nitrogens with two attached hydrogens (primary N) is 1. The molecular weight excluding hydrogens is 288 g/mol. The van der Waals surface area contributed by atoms with Gasteiger partial charge in [-0.3, -0.25) is 9.59 Å². The Labute approximate surface area is 136 Å². The minimum atomic E-state index is -0.611. The predicted octanol–water partition coefficient (Wildman–Crippen LogP) is 2.89. The molecule has 0 heterocycles. The molecule has 0 aromatic heterocycles. The van der Waals surface area contributed by atoms with E-state index in [-0.39, 0.29) is 24.4 Å². The first-order valence-electron chi connectivity index (χ1n) is 7.70. The fourth-order valence-electron chi connectivity index (χ4n) is 2.75. The molecule has 2 amide bonds. The molecule has 2 N–H and O–H groups in total. The maximum atomic E-state index is 12.6. The average Bonchev–Trinajstić information content (AvgIpc) is 2.53. The van der Waals surface area contributed by atoms with Crippen LogP contribution in [0.25, 0.3) is 0 Å². The van der Waals surface area contributed by atoms with Crippen molar-refractivity contribution in [2.75, 3.05) is 0 Å². The largest absolute Gasteiger partial charge is 0.369 e. The van der Waals surface area contributed by atoms with Crippen LogP contribution in [-0.4, -0.2) is 22.8 Å². The van der Waals surface area contributed by atoms with Crippen molar-refractivity contribution in [3.8, 4) is 0 Å². The summed E-state index contributed by atoms with van der Waals surface area (Å²) in [6, 6.07) is 19.3. The van der Waals surface area contributed by atoms with Crippen molar-refractivity contribution in [3.63, 3.8) is 0 Å². The zero-order valence-corrected chi connectivity index (χ0v) is 13.5. The van der Waals surface area contributed by atoms with Crippen molar-refractivity contribution >= 4 is 11.8 Å². The molecule has 0 saturated carbocycles. The highest BCUT2D eigenvalue weighted by Gasteiger charge is 2.29. The highest BCUT2D eigenvalue weighted by Crippen LogP contribution is 2.30. The maximum Gasteiger partial charge on any atom is 0.233 e. The lowest BCUT2D eigenvalue weighted by Gasteiger charge is -2.35. The van der Waals surface area contributed by atoms with Crippen molar-refractivity contribution in [2.45, 2.75) is 32.4 Å². The van der Waals surface area contributed by atoms with Crippen LogP contribution in [-0.2, 0) is 9.59 Å². The van der Waals surface area contributed by atoms with Crippen LogP contribution in [0.4, 0.5) is 0 Å². The van der Waals surface area contributed by atoms with Gasteiger partial charge in [0, 0.05) is 6.04 Å². The molecule has 4 heteroatoms. The van der Waals surface area contributed by atoms with Gasteiger partial charge in [0.15, 0.2) is 0 Å². The Kier molecular flexibility index (Phi) is 5.52. The lowest BCUT2D eigenvalue weighted by atomic mass is 9.95. The number of carbonyl (C=O) groups excluding carboxylic acids is 2. The first-order valence-corrected chi connectivity index (χ1v) is 7.70. The maximum absolute atomic E-state index is 12.6. The highest BCUT2D eigenvalue weighted by atomic mass is 16.2. The normalized spacial score (nSPS) is 10.8. The van der Waals surface area contributed by atoms with E-state index in [2.05, 4.69) is 0 Å². The number of nitrogens with zero attached hydrogens (tertiary/aromatic N) is 1. The lowest BCUT2D eigenvalue weighted by molar-refractivity contribution is -0.138.